The van der Waals surface area contributed by atoms with Crippen molar-refractivity contribution in [3.63, 3.8) is 0 Å². The molecule has 23 heavy (non-hydrogen) atoms. The van der Waals surface area contributed by atoms with E-state index in [4.69, 9.17) is 14.7 Å². The van der Waals surface area contributed by atoms with E-state index in [1.807, 2.05) is 18.2 Å². The predicted octanol–water partition coefficient (Wildman–Crippen LogP) is 2.99. The standard InChI is InChI=1S/C16H15N3O3.ClH/c17-16(7-3-4-8-16)15-18-13(22-19-15)11-9-10-5-1-2-6-12(10)21-14(11)20;/h1-2,5-6,9H,3-4,7-8,17H2;1H. The number of aromatic nitrogens is 2. The van der Waals surface area contributed by atoms with Crippen LogP contribution in [0.4, 0.5) is 0 Å². The number of hydrogen-bond donors (Lipinski definition) is 1. The van der Waals surface area contributed by atoms with Crippen molar-refractivity contribution in [3.05, 3.63) is 46.6 Å². The van der Waals surface area contributed by atoms with Gasteiger partial charge in [-0.05, 0) is 25.0 Å². The lowest BCUT2D eigenvalue weighted by molar-refractivity contribution is 0.372. The largest absolute Gasteiger partial charge is 0.422 e. The summed E-state index contributed by atoms with van der Waals surface area (Å²) >= 11 is 0. The average molecular weight is 334 g/mol. The highest BCUT2D eigenvalue weighted by molar-refractivity contribution is 5.85. The Morgan fingerprint density at radius 3 is 2.70 bits per heavy atom. The third kappa shape index (κ3) is 2.64. The van der Waals surface area contributed by atoms with Gasteiger partial charge in [-0.1, -0.05) is 36.2 Å². The van der Waals surface area contributed by atoms with Crippen molar-refractivity contribution in [3.8, 4) is 11.5 Å². The average Bonchev–Trinajstić information content (AvgIpc) is 3.16. The fourth-order valence-corrected chi connectivity index (χ4v) is 2.98. The van der Waals surface area contributed by atoms with Crippen molar-refractivity contribution in [2.24, 2.45) is 5.73 Å². The first kappa shape index (κ1) is 15.7. The van der Waals surface area contributed by atoms with E-state index in [1.54, 1.807) is 12.1 Å². The van der Waals surface area contributed by atoms with Crippen molar-refractivity contribution in [2.75, 3.05) is 0 Å². The van der Waals surface area contributed by atoms with Crippen molar-refractivity contribution in [1.29, 1.82) is 0 Å². The van der Waals surface area contributed by atoms with Crippen LogP contribution in [-0.2, 0) is 5.54 Å². The Labute approximate surface area is 138 Å². The third-order valence-electron chi connectivity index (χ3n) is 4.24. The molecule has 0 radical (unpaired) electrons. The molecule has 0 spiro atoms. The van der Waals surface area contributed by atoms with Gasteiger partial charge in [0.1, 0.15) is 11.1 Å². The van der Waals surface area contributed by atoms with Gasteiger partial charge in [0.25, 0.3) is 5.89 Å². The summed E-state index contributed by atoms with van der Waals surface area (Å²) in [5, 5.41) is 4.78. The van der Waals surface area contributed by atoms with Crippen LogP contribution in [0.5, 0.6) is 0 Å². The zero-order valence-corrected chi connectivity index (χ0v) is 13.1. The lowest BCUT2D eigenvalue weighted by Crippen LogP contribution is -2.34. The van der Waals surface area contributed by atoms with E-state index in [0.29, 0.717) is 11.4 Å². The van der Waals surface area contributed by atoms with Crippen LogP contribution < -0.4 is 11.4 Å². The fourth-order valence-electron chi connectivity index (χ4n) is 2.98. The molecule has 0 amide bonds. The number of halogens is 1. The van der Waals surface area contributed by atoms with Gasteiger partial charge in [-0.15, -0.1) is 12.4 Å². The molecule has 2 aromatic heterocycles. The molecule has 6 nitrogen and oxygen atoms in total. The summed E-state index contributed by atoms with van der Waals surface area (Å²) in [6, 6.07) is 9.00. The minimum Gasteiger partial charge on any atom is -0.422 e. The molecule has 4 rings (SSSR count). The van der Waals surface area contributed by atoms with Gasteiger partial charge >= 0.3 is 5.63 Å². The van der Waals surface area contributed by atoms with Crippen LogP contribution in [0.15, 0.2) is 44.1 Å². The second kappa shape index (κ2) is 5.79. The minimum absolute atomic E-state index is 0. The Morgan fingerprint density at radius 1 is 1.17 bits per heavy atom. The summed E-state index contributed by atoms with van der Waals surface area (Å²) in [6.07, 6.45) is 3.77. The van der Waals surface area contributed by atoms with E-state index in [9.17, 15) is 4.79 Å². The summed E-state index contributed by atoms with van der Waals surface area (Å²) in [5.41, 5.74) is 6.07. The topological polar surface area (TPSA) is 95.1 Å². The molecule has 7 heteroatoms. The normalized spacial score (nSPS) is 16.4. The van der Waals surface area contributed by atoms with Crippen molar-refractivity contribution >= 4 is 23.4 Å². The smallest absolute Gasteiger partial charge is 0.349 e. The quantitative estimate of drug-likeness (QED) is 0.724. The zero-order chi connectivity index (χ0) is 15.2. The third-order valence-corrected chi connectivity index (χ3v) is 4.24. The van der Waals surface area contributed by atoms with Crippen LogP contribution in [0.1, 0.15) is 31.5 Å². The second-order valence-electron chi connectivity index (χ2n) is 5.77. The number of nitrogens with zero attached hydrogens (tertiary/aromatic N) is 2. The molecule has 1 fully saturated rings. The minimum atomic E-state index is -0.543. The Balaban J connectivity index is 0.00000156. The van der Waals surface area contributed by atoms with Crippen LogP contribution in [-0.4, -0.2) is 10.1 Å². The molecular formula is C16H16ClN3O3. The molecular weight excluding hydrogens is 318 g/mol. The van der Waals surface area contributed by atoms with Crippen molar-refractivity contribution in [2.45, 2.75) is 31.2 Å². The molecule has 2 heterocycles. The number of rotatable bonds is 2. The van der Waals surface area contributed by atoms with E-state index >= 15 is 0 Å². The molecule has 3 aromatic rings. The molecule has 0 aliphatic heterocycles. The molecule has 1 aliphatic carbocycles. The van der Waals surface area contributed by atoms with Gasteiger partial charge in [0.2, 0.25) is 0 Å². The van der Waals surface area contributed by atoms with E-state index in [-0.39, 0.29) is 23.9 Å². The van der Waals surface area contributed by atoms with Gasteiger partial charge in [0.05, 0.1) is 5.54 Å². The highest BCUT2D eigenvalue weighted by Gasteiger charge is 2.36. The first-order valence-electron chi connectivity index (χ1n) is 7.32. The van der Waals surface area contributed by atoms with E-state index in [1.165, 1.54) is 0 Å². The molecule has 1 saturated carbocycles. The van der Waals surface area contributed by atoms with Crippen molar-refractivity contribution < 1.29 is 8.94 Å². The highest BCUT2D eigenvalue weighted by Crippen LogP contribution is 2.35. The predicted molar refractivity (Wildman–Crippen MR) is 87.4 cm³/mol. The Morgan fingerprint density at radius 2 is 1.91 bits per heavy atom. The lowest BCUT2D eigenvalue weighted by atomic mass is 9.99. The second-order valence-corrected chi connectivity index (χ2v) is 5.77. The van der Waals surface area contributed by atoms with E-state index < -0.39 is 11.2 Å². The summed E-state index contributed by atoms with van der Waals surface area (Å²) in [5.74, 6) is 0.624. The molecule has 0 atom stereocenters. The summed E-state index contributed by atoms with van der Waals surface area (Å²) < 4.78 is 10.5. The van der Waals surface area contributed by atoms with Gasteiger partial charge < -0.3 is 14.7 Å². The van der Waals surface area contributed by atoms with E-state index in [2.05, 4.69) is 10.1 Å². The SMILES string of the molecule is Cl.NC1(c2noc(-c3cc4ccccc4oc3=O)n2)CCCC1. The first-order valence-corrected chi connectivity index (χ1v) is 7.32. The maximum atomic E-state index is 12.1. The Hall–Kier alpha value is -2.18. The summed E-state index contributed by atoms with van der Waals surface area (Å²) in [6.45, 7) is 0. The maximum Gasteiger partial charge on any atom is 0.349 e. The van der Waals surface area contributed by atoms with Gasteiger partial charge in [0.15, 0.2) is 5.82 Å². The number of benzene rings is 1. The Bertz CT molecular complexity index is 897. The molecule has 0 saturated heterocycles. The molecule has 0 unspecified atom stereocenters. The molecule has 120 valence electrons. The number of para-hydroxylation sites is 1. The van der Waals surface area contributed by atoms with E-state index in [0.717, 1.165) is 31.1 Å². The Kier molecular flexibility index (Phi) is 3.95. The van der Waals surface area contributed by atoms with Crippen LogP contribution in [0, 0.1) is 0 Å². The van der Waals surface area contributed by atoms with Crippen LogP contribution in [0.3, 0.4) is 0 Å². The van der Waals surface area contributed by atoms with Crippen molar-refractivity contribution in [1.82, 2.24) is 10.1 Å². The number of fused-ring (bicyclic) bond motifs is 1. The lowest BCUT2D eigenvalue weighted by Gasteiger charge is -2.17. The molecule has 1 aliphatic rings. The number of hydrogen-bond acceptors (Lipinski definition) is 6. The highest BCUT2D eigenvalue weighted by atomic mass is 35.5. The molecule has 0 bridgehead atoms. The zero-order valence-electron chi connectivity index (χ0n) is 12.3. The summed E-state index contributed by atoms with van der Waals surface area (Å²) in [4.78, 5) is 16.5. The van der Waals surface area contributed by atoms with Crippen LogP contribution in [0.2, 0.25) is 0 Å². The van der Waals surface area contributed by atoms with Gasteiger partial charge in [-0.3, -0.25) is 0 Å². The monoisotopic (exact) mass is 333 g/mol. The van der Waals surface area contributed by atoms with Gasteiger partial charge in [0, 0.05) is 5.39 Å². The van der Waals surface area contributed by atoms with Gasteiger partial charge in [-0.2, -0.15) is 4.98 Å². The molecule has 1 aromatic carbocycles. The van der Waals surface area contributed by atoms with Crippen LogP contribution >= 0.6 is 12.4 Å². The first-order chi connectivity index (χ1) is 10.7. The fraction of sp³-hybridized carbons (Fsp3) is 0.312. The maximum absolute atomic E-state index is 12.1. The van der Waals surface area contributed by atoms with Crippen LogP contribution in [0.25, 0.3) is 22.4 Å². The molecule has 2 N–H and O–H groups in total. The summed E-state index contributed by atoms with van der Waals surface area (Å²) in [7, 11) is 0. The number of nitrogens with two attached hydrogens (primary N) is 1. The van der Waals surface area contributed by atoms with Gasteiger partial charge in [-0.25, -0.2) is 4.79 Å².